The highest BCUT2D eigenvalue weighted by Crippen LogP contribution is 2.34. The number of rotatable bonds is 4. The SMILES string of the molecule is COc1ccc(N(C)CC(N)=O)cc1C(C)(C)C. The lowest BCUT2D eigenvalue weighted by Crippen LogP contribution is -2.30. The second-order valence-electron chi connectivity index (χ2n) is 5.46. The molecule has 0 aliphatic rings. The van der Waals surface area contributed by atoms with Crippen molar-refractivity contribution < 1.29 is 9.53 Å². The molecule has 4 heteroatoms. The van der Waals surface area contributed by atoms with Crippen LogP contribution in [-0.2, 0) is 10.2 Å². The largest absolute Gasteiger partial charge is 0.496 e. The van der Waals surface area contributed by atoms with Gasteiger partial charge in [0.15, 0.2) is 0 Å². The van der Waals surface area contributed by atoms with Gasteiger partial charge in [-0.2, -0.15) is 0 Å². The number of benzene rings is 1. The molecule has 1 aromatic rings. The van der Waals surface area contributed by atoms with Crippen LogP contribution in [0.4, 0.5) is 5.69 Å². The molecule has 0 aliphatic heterocycles. The van der Waals surface area contributed by atoms with Gasteiger partial charge in [-0.3, -0.25) is 4.79 Å². The quantitative estimate of drug-likeness (QED) is 0.888. The van der Waals surface area contributed by atoms with Gasteiger partial charge in [0, 0.05) is 18.3 Å². The van der Waals surface area contributed by atoms with Crippen molar-refractivity contribution in [3.05, 3.63) is 23.8 Å². The summed E-state index contributed by atoms with van der Waals surface area (Å²) >= 11 is 0. The second kappa shape index (κ2) is 5.29. The summed E-state index contributed by atoms with van der Waals surface area (Å²) in [6, 6.07) is 5.90. The first-order valence-corrected chi connectivity index (χ1v) is 5.93. The van der Waals surface area contributed by atoms with Crippen molar-refractivity contribution in [3.63, 3.8) is 0 Å². The summed E-state index contributed by atoms with van der Waals surface area (Å²) in [5, 5.41) is 0. The fourth-order valence-electron chi connectivity index (χ4n) is 1.84. The highest BCUT2D eigenvalue weighted by atomic mass is 16.5. The number of hydrogen-bond donors (Lipinski definition) is 1. The average Bonchev–Trinajstić information content (AvgIpc) is 2.26. The van der Waals surface area contributed by atoms with Crippen molar-refractivity contribution in [1.82, 2.24) is 0 Å². The summed E-state index contributed by atoms with van der Waals surface area (Å²) in [5.41, 5.74) is 7.25. The molecule has 100 valence electrons. The number of carbonyl (C=O) groups is 1. The number of primary amides is 1. The van der Waals surface area contributed by atoms with Crippen LogP contribution < -0.4 is 15.4 Å². The molecule has 0 radical (unpaired) electrons. The van der Waals surface area contributed by atoms with Gasteiger partial charge >= 0.3 is 0 Å². The van der Waals surface area contributed by atoms with E-state index in [9.17, 15) is 4.79 Å². The minimum absolute atomic E-state index is 0.0189. The van der Waals surface area contributed by atoms with E-state index in [1.807, 2.05) is 30.1 Å². The van der Waals surface area contributed by atoms with Gasteiger partial charge in [0.2, 0.25) is 5.91 Å². The van der Waals surface area contributed by atoms with Gasteiger partial charge in [0.1, 0.15) is 5.75 Å². The topological polar surface area (TPSA) is 55.6 Å². The maximum absolute atomic E-state index is 10.9. The van der Waals surface area contributed by atoms with Crippen molar-refractivity contribution in [3.8, 4) is 5.75 Å². The summed E-state index contributed by atoms with van der Waals surface area (Å²) in [5.74, 6) is 0.518. The van der Waals surface area contributed by atoms with Gasteiger partial charge in [-0.25, -0.2) is 0 Å². The summed E-state index contributed by atoms with van der Waals surface area (Å²) < 4.78 is 5.38. The number of carbonyl (C=O) groups excluding carboxylic acids is 1. The Hall–Kier alpha value is -1.71. The van der Waals surface area contributed by atoms with Crippen molar-refractivity contribution >= 4 is 11.6 Å². The first kappa shape index (κ1) is 14.4. The third-order valence-electron chi connectivity index (χ3n) is 2.82. The highest BCUT2D eigenvalue weighted by molar-refractivity contribution is 5.79. The van der Waals surface area contributed by atoms with Crippen molar-refractivity contribution in [2.75, 3.05) is 25.6 Å². The van der Waals surface area contributed by atoms with Crippen LogP contribution in [0.3, 0.4) is 0 Å². The van der Waals surface area contributed by atoms with E-state index >= 15 is 0 Å². The van der Waals surface area contributed by atoms with Crippen LogP contribution in [-0.4, -0.2) is 26.6 Å². The van der Waals surface area contributed by atoms with E-state index < -0.39 is 0 Å². The maximum Gasteiger partial charge on any atom is 0.236 e. The summed E-state index contributed by atoms with van der Waals surface area (Å²) in [4.78, 5) is 12.8. The zero-order valence-electron chi connectivity index (χ0n) is 11.8. The molecule has 2 N–H and O–H groups in total. The van der Waals surface area contributed by atoms with Crippen LogP contribution in [0.5, 0.6) is 5.75 Å². The molecule has 0 aromatic heterocycles. The number of likely N-dealkylation sites (N-methyl/N-ethyl adjacent to an activating group) is 1. The lowest BCUT2D eigenvalue weighted by molar-refractivity contribution is -0.116. The Morgan fingerprint density at radius 3 is 2.44 bits per heavy atom. The third kappa shape index (κ3) is 3.39. The molecule has 1 rings (SSSR count). The average molecular weight is 250 g/mol. The molecular weight excluding hydrogens is 228 g/mol. The molecule has 0 aliphatic carbocycles. The molecule has 18 heavy (non-hydrogen) atoms. The predicted molar refractivity (Wildman–Crippen MR) is 74.2 cm³/mol. The van der Waals surface area contributed by atoms with Gasteiger partial charge in [0.25, 0.3) is 0 Å². The third-order valence-corrected chi connectivity index (χ3v) is 2.82. The molecule has 0 saturated heterocycles. The number of methoxy groups -OCH3 is 1. The zero-order valence-corrected chi connectivity index (χ0v) is 11.8. The Kier molecular flexibility index (Phi) is 4.22. The summed E-state index contributed by atoms with van der Waals surface area (Å²) in [7, 11) is 3.51. The first-order chi connectivity index (χ1) is 8.25. The Balaban J connectivity index is 3.14. The van der Waals surface area contributed by atoms with Crippen molar-refractivity contribution in [1.29, 1.82) is 0 Å². The number of nitrogens with two attached hydrogens (primary N) is 1. The van der Waals surface area contributed by atoms with Crippen LogP contribution in [0.1, 0.15) is 26.3 Å². The lowest BCUT2D eigenvalue weighted by atomic mass is 9.86. The van der Waals surface area contributed by atoms with Gasteiger partial charge in [-0.05, 0) is 23.6 Å². The first-order valence-electron chi connectivity index (χ1n) is 5.93. The predicted octanol–water partition coefficient (Wildman–Crippen LogP) is 1.91. The normalized spacial score (nSPS) is 11.2. The molecule has 0 spiro atoms. The van der Waals surface area contributed by atoms with E-state index in [1.165, 1.54) is 0 Å². The highest BCUT2D eigenvalue weighted by Gasteiger charge is 2.20. The molecule has 0 unspecified atom stereocenters. The van der Waals surface area contributed by atoms with Crippen LogP contribution in [0, 0.1) is 0 Å². The smallest absolute Gasteiger partial charge is 0.236 e. The van der Waals surface area contributed by atoms with Gasteiger partial charge in [0.05, 0.1) is 13.7 Å². The van der Waals surface area contributed by atoms with E-state index in [-0.39, 0.29) is 17.9 Å². The molecule has 0 atom stereocenters. The Morgan fingerprint density at radius 2 is 2.00 bits per heavy atom. The van der Waals surface area contributed by atoms with Gasteiger partial charge in [-0.15, -0.1) is 0 Å². The van der Waals surface area contributed by atoms with E-state index in [1.54, 1.807) is 7.11 Å². The molecule has 4 nitrogen and oxygen atoms in total. The van der Waals surface area contributed by atoms with Gasteiger partial charge in [-0.1, -0.05) is 20.8 Å². The minimum Gasteiger partial charge on any atom is -0.496 e. The van der Waals surface area contributed by atoms with Crippen LogP contribution >= 0.6 is 0 Å². The number of ether oxygens (including phenoxy) is 1. The zero-order chi connectivity index (χ0) is 13.9. The Labute approximate surface area is 109 Å². The van der Waals surface area contributed by atoms with E-state index in [2.05, 4.69) is 20.8 Å². The van der Waals surface area contributed by atoms with Crippen LogP contribution in [0.15, 0.2) is 18.2 Å². The molecule has 1 aromatic carbocycles. The summed E-state index contributed by atoms with van der Waals surface area (Å²) in [6.45, 7) is 6.59. The number of nitrogens with zero attached hydrogens (tertiary/aromatic N) is 1. The number of hydrogen-bond acceptors (Lipinski definition) is 3. The monoisotopic (exact) mass is 250 g/mol. The second-order valence-corrected chi connectivity index (χ2v) is 5.46. The van der Waals surface area contributed by atoms with E-state index in [0.29, 0.717) is 0 Å². The standard InChI is InChI=1S/C14H22N2O2/c1-14(2,3)11-8-10(6-7-12(11)18-5)16(4)9-13(15)17/h6-8H,9H2,1-5H3,(H2,15,17). The fraction of sp³-hybridized carbons (Fsp3) is 0.500. The lowest BCUT2D eigenvalue weighted by Gasteiger charge is -2.25. The molecule has 0 heterocycles. The molecule has 0 fully saturated rings. The Morgan fingerprint density at radius 1 is 1.39 bits per heavy atom. The fourth-order valence-corrected chi connectivity index (χ4v) is 1.84. The van der Waals surface area contributed by atoms with Crippen molar-refractivity contribution in [2.45, 2.75) is 26.2 Å². The minimum atomic E-state index is -0.342. The van der Waals surface area contributed by atoms with Crippen LogP contribution in [0.25, 0.3) is 0 Å². The van der Waals surface area contributed by atoms with Crippen molar-refractivity contribution in [2.24, 2.45) is 5.73 Å². The molecular formula is C14H22N2O2. The summed E-state index contributed by atoms with van der Waals surface area (Å²) in [6.07, 6.45) is 0. The molecule has 0 saturated carbocycles. The Bertz CT molecular complexity index is 436. The maximum atomic E-state index is 10.9. The van der Waals surface area contributed by atoms with Gasteiger partial charge < -0.3 is 15.4 Å². The number of anilines is 1. The number of amides is 1. The van der Waals surface area contributed by atoms with E-state index in [0.717, 1.165) is 17.0 Å². The molecule has 1 amide bonds. The van der Waals surface area contributed by atoms with E-state index in [4.69, 9.17) is 10.5 Å². The molecule has 0 bridgehead atoms. The van der Waals surface area contributed by atoms with Crippen LogP contribution in [0.2, 0.25) is 0 Å².